The van der Waals surface area contributed by atoms with Crippen LogP contribution in [0.5, 0.6) is 0 Å². The highest BCUT2D eigenvalue weighted by Crippen LogP contribution is 2.43. The van der Waals surface area contributed by atoms with Crippen LogP contribution in [0.15, 0.2) is 65.0 Å². The number of nitrogens with zero attached hydrogens (tertiary/aromatic N) is 2. The van der Waals surface area contributed by atoms with Gasteiger partial charge in [-0.15, -0.1) is 4.99 Å². The first-order valence-electron chi connectivity index (χ1n) is 9.34. The normalized spacial score (nSPS) is 18.6. The Morgan fingerprint density at radius 2 is 1.74 bits per heavy atom. The molecule has 1 atom stereocenters. The maximum atomic E-state index is 12.9. The number of nitrogens with one attached hydrogen (secondary N) is 1. The molecule has 31 heavy (non-hydrogen) atoms. The minimum absolute atomic E-state index is 0.0791. The second-order valence-electron chi connectivity index (χ2n) is 7.84. The van der Waals surface area contributed by atoms with E-state index >= 15 is 0 Å². The number of ether oxygens (including phenoxy) is 1. The molecular formula is C22H21Cl2N3O4. The highest BCUT2D eigenvalue weighted by Gasteiger charge is 2.58. The van der Waals surface area contributed by atoms with Crippen molar-refractivity contribution in [1.82, 2.24) is 9.80 Å². The van der Waals surface area contributed by atoms with Gasteiger partial charge in [-0.2, -0.15) is 4.48 Å². The number of quaternary nitrogens is 1. The van der Waals surface area contributed by atoms with Crippen LogP contribution in [0.25, 0.3) is 0 Å². The Hall–Kier alpha value is -2.87. The van der Waals surface area contributed by atoms with E-state index in [1.165, 1.54) is 25.3 Å². The summed E-state index contributed by atoms with van der Waals surface area (Å²) >= 11 is 12.0. The number of hydrogen-bond donors (Lipinski definition) is 1. The summed E-state index contributed by atoms with van der Waals surface area (Å²) < 4.78 is 5.15. The van der Waals surface area contributed by atoms with E-state index in [1.807, 2.05) is 26.8 Å². The first-order valence-corrected chi connectivity index (χ1v) is 10.1. The van der Waals surface area contributed by atoms with Crippen LogP contribution >= 0.6 is 23.2 Å². The van der Waals surface area contributed by atoms with Crippen LogP contribution in [0.3, 0.4) is 0 Å². The lowest BCUT2D eigenvalue weighted by Gasteiger charge is -2.44. The van der Waals surface area contributed by atoms with Crippen molar-refractivity contribution in [1.29, 1.82) is 0 Å². The van der Waals surface area contributed by atoms with Gasteiger partial charge in [0, 0.05) is 17.2 Å². The van der Waals surface area contributed by atoms with Gasteiger partial charge in [0.15, 0.2) is 0 Å². The van der Waals surface area contributed by atoms with Crippen molar-refractivity contribution >= 4 is 46.8 Å². The first-order chi connectivity index (χ1) is 14.5. The fraction of sp³-hybridized carbons (Fsp3) is 0.227. The number of methoxy groups -OCH3 is 1. The van der Waals surface area contributed by atoms with Crippen molar-refractivity contribution < 1.29 is 19.4 Å². The number of para-hydroxylation sites is 1. The Labute approximate surface area is 190 Å². The van der Waals surface area contributed by atoms with E-state index in [0.717, 1.165) is 0 Å². The molecule has 0 aromatic heterocycles. The summed E-state index contributed by atoms with van der Waals surface area (Å²) in [6, 6.07) is 13.4. The number of carbonyl (C=O) groups is 2. The molecule has 0 radical (unpaired) electrons. The van der Waals surface area contributed by atoms with Gasteiger partial charge in [-0.05, 0) is 39.0 Å². The molecule has 0 bridgehead atoms. The number of carboxylic acids is 1. The molecule has 0 spiro atoms. The summed E-state index contributed by atoms with van der Waals surface area (Å²) in [6.45, 7) is 5.54. The number of carboxylic acid groups (broad SMARTS) is 1. The Kier molecular flexibility index (Phi) is 6.14. The fourth-order valence-corrected chi connectivity index (χ4v) is 4.23. The van der Waals surface area contributed by atoms with Crippen molar-refractivity contribution in [2.24, 2.45) is 4.99 Å². The summed E-state index contributed by atoms with van der Waals surface area (Å²) in [4.78, 5) is 29.7. The van der Waals surface area contributed by atoms with Gasteiger partial charge in [0.25, 0.3) is 5.91 Å². The number of aliphatic carboxylic acids is 1. The molecule has 2 aromatic rings. The number of amides is 1. The maximum absolute atomic E-state index is 12.9. The largest absolute Gasteiger partial charge is 0.540 e. The molecule has 1 amide bonds. The molecule has 0 aliphatic carbocycles. The van der Waals surface area contributed by atoms with E-state index < -0.39 is 21.9 Å². The van der Waals surface area contributed by atoms with Gasteiger partial charge in [-0.25, -0.2) is 0 Å². The number of amidine groups is 1. The minimum Gasteiger partial charge on any atom is -0.540 e. The number of halogens is 2. The lowest BCUT2D eigenvalue weighted by Crippen LogP contribution is -2.66. The maximum Gasteiger partial charge on any atom is 0.411 e. The van der Waals surface area contributed by atoms with Crippen LogP contribution in [0.1, 0.15) is 31.1 Å². The molecule has 0 saturated heterocycles. The molecule has 1 aliphatic heterocycles. The Morgan fingerprint density at radius 1 is 1.10 bits per heavy atom. The first kappa shape index (κ1) is 22.8. The van der Waals surface area contributed by atoms with Gasteiger partial charge in [0.2, 0.25) is 11.5 Å². The van der Waals surface area contributed by atoms with Crippen LogP contribution in [0, 0.1) is 0 Å². The van der Waals surface area contributed by atoms with Gasteiger partial charge in [0.1, 0.15) is 17.2 Å². The third kappa shape index (κ3) is 3.80. The average molecular weight is 462 g/mol. The number of carbonyl (C=O) groups excluding carboxylic acids is 2. The Morgan fingerprint density at radius 3 is 2.26 bits per heavy atom. The summed E-state index contributed by atoms with van der Waals surface area (Å²) in [6.07, 6.45) is 0. The smallest absolute Gasteiger partial charge is 0.411 e. The predicted molar refractivity (Wildman–Crippen MR) is 118 cm³/mol. The molecule has 1 aliphatic rings. The van der Waals surface area contributed by atoms with Crippen LogP contribution in [-0.4, -0.2) is 30.5 Å². The highest BCUT2D eigenvalue weighted by molar-refractivity contribution is 6.36. The predicted octanol–water partition coefficient (Wildman–Crippen LogP) is 3.46. The van der Waals surface area contributed by atoms with Crippen molar-refractivity contribution in [3.05, 3.63) is 75.7 Å². The van der Waals surface area contributed by atoms with E-state index in [2.05, 4.69) is 10.3 Å². The number of hydrogen-bond acceptors (Lipinski definition) is 5. The van der Waals surface area contributed by atoms with Crippen LogP contribution in [0.4, 0.5) is 5.69 Å². The molecule has 162 valence electrons. The zero-order valence-corrected chi connectivity index (χ0v) is 18.9. The van der Waals surface area contributed by atoms with Gasteiger partial charge in [-0.1, -0.05) is 41.4 Å². The molecule has 0 fully saturated rings. The molecule has 2 aromatic carbocycles. The summed E-state index contributed by atoms with van der Waals surface area (Å²) in [5.41, 5.74) is -0.320. The molecule has 9 heteroatoms. The molecular weight excluding hydrogens is 441 g/mol. The standard InChI is InChI=1S/C22H21Cl2N3O4/c1-22(2,3)27(14-8-6-5-7-9-14)17(20(29)30)18(26-21(27)31-4)25-19(28)15-11-10-13(23)12-16(15)24/h5-12H,1-4H3,(H-,25,28,29,30). The van der Waals surface area contributed by atoms with Crippen molar-refractivity contribution in [2.75, 3.05) is 7.11 Å². The van der Waals surface area contributed by atoms with E-state index in [1.54, 1.807) is 24.3 Å². The van der Waals surface area contributed by atoms with Crippen LogP contribution in [0.2, 0.25) is 10.0 Å². The number of aliphatic imine (C=N–C) groups is 1. The van der Waals surface area contributed by atoms with E-state index in [0.29, 0.717) is 10.7 Å². The minimum atomic E-state index is -1.49. The van der Waals surface area contributed by atoms with Crippen molar-refractivity contribution in [3.63, 3.8) is 0 Å². The van der Waals surface area contributed by atoms with Gasteiger partial charge >= 0.3 is 6.02 Å². The van der Waals surface area contributed by atoms with E-state index in [4.69, 9.17) is 27.9 Å². The van der Waals surface area contributed by atoms with Gasteiger partial charge in [0.05, 0.1) is 17.7 Å². The van der Waals surface area contributed by atoms with Crippen LogP contribution < -0.4 is 14.9 Å². The second kappa shape index (κ2) is 8.34. The summed E-state index contributed by atoms with van der Waals surface area (Å²) in [7, 11) is 1.40. The quantitative estimate of drug-likeness (QED) is 0.705. The zero-order chi connectivity index (χ0) is 23.0. The third-order valence-corrected chi connectivity index (χ3v) is 5.54. The molecule has 3 rings (SSSR count). The summed E-state index contributed by atoms with van der Waals surface area (Å²) in [5.74, 6) is -2.32. The molecule has 1 heterocycles. The van der Waals surface area contributed by atoms with Crippen molar-refractivity contribution in [3.8, 4) is 0 Å². The average Bonchev–Trinajstić information content (AvgIpc) is 3.03. The summed E-state index contributed by atoms with van der Waals surface area (Å²) in [5, 5.41) is 15.5. The lowest BCUT2D eigenvalue weighted by molar-refractivity contribution is -0.301. The van der Waals surface area contributed by atoms with Crippen molar-refractivity contribution in [2.45, 2.75) is 26.3 Å². The Bertz CT molecular complexity index is 1110. The topological polar surface area (TPSA) is 90.8 Å². The number of benzene rings is 2. The molecule has 1 unspecified atom stereocenters. The fourth-order valence-electron chi connectivity index (χ4n) is 3.73. The molecule has 0 saturated carbocycles. The Balaban J connectivity index is 2.22. The SMILES string of the molecule is COC1=NC(NC(=O)c2ccc(Cl)cc2Cl)=C(C(=O)[O-])[N+]1(c1ccccc1)C(C)(C)C. The lowest BCUT2D eigenvalue weighted by atomic mass is 9.98. The number of rotatable bonds is 4. The van der Waals surface area contributed by atoms with E-state index in [-0.39, 0.29) is 28.1 Å². The molecule has 1 N–H and O–H groups in total. The molecule has 7 nitrogen and oxygen atoms in total. The van der Waals surface area contributed by atoms with Gasteiger partial charge in [-0.3, -0.25) is 4.79 Å². The third-order valence-electron chi connectivity index (χ3n) is 4.99. The highest BCUT2D eigenvalue weighted by atomic mass is 35.5. The van der Waals surface area contributed by atoms with Gasteiger partial charge < -0.3 is 20.0 Å². The zero-order valence-electron chi connectivity index (χ0n) is 17.4. The van der Waals surface area contributed by atoms with Crippen LogP contribution in [-0.2, 0) is 9.53 Å². The second-order valence-corrected chi connectivity index (χ2v) is 8.68. The van der Waals surface area contributed by atoms with E-state index in [9.17, 15) is 14.7 Å². The monoisotopic (exact) mass is 461 g/mol.